The Hall–Kier alpha value is -1.16. The number of ketones is 1. The van der Waals surface area contributed by atoms with Crippen LogP contribution in [0.5, 0.6) is 0 Å². The maximum Gasteiger partial charge on any atom is 0.309 e. The number of carboxylic acids is 1. The van der Waals surface area contributed by atoms with Gasteiger partial charge in [0.2, 0.25) is 0 Å². The molecule has 0 radical (unpaired) electrons. The lowest BCUT2D eigenvalue weighted by atomic mass is 9.32. The van der Waals surface area contributed by atoms with Gasteiger partial charge in [-0.05, 0) is 111 Å². The number of hydrogen-bond acceptors (Lipinski definition) is 3. The predicted molar refractivity (Wildman–Crippen MR) is 133 cm³/mol. The molecule has 0 saturated heterocycles. The van der Waals surface area contributed by atoms with E-state index in [1.54, 1.807) is 0 Å². The van der Waals surface area contributed by atoms with Gasteiger partial charge >= 0.3 is 5.97 Å². The van der Waals surface area contributed by atoms with Crippen LogP contribution in [0, 0.1) is 56.7 Å². The SMILES string of the molecule is C=C(C)C1CC[C@]2(C(=O)O)CCC3(C)[C@H](CCC4[C@@]5(C)CCC(=O)[C@@](C)(CO)C5CC[C@]43C)C12. The fourth-order valence-electron chi connectivity index (χ4n) is 11.3. The van der Waals surface area contributed by atoms with Gasteiger partial charge < -0.3 is 10.2 Å². The average Bonchev–Trinajstić information content (AvgIpc) is 3.18. The van der Waals surface area contributed by atoms with E-state index >= 15 is 0 Å². The Bertz CT molecular complexity index is 925. The van der Waals surface area contributed by atoms with Gasteiger partial charge in [-0.3, -0.25) is 9.59 Å². The van der Waals surface area contributed by atoms with Crippen molar-refractivity contribution in [3.8, 4) is 0 Å². The summed E-state index contributed by atoms with van der Waals surface area (Å²) in [6, 6.07) is 0. The summed E-state index contributed by atoms with van der Waals surface area (Å²) in [5.41, 5.74) is 0.257. The van der Waals surface area contributed by atoms with Gasteiger partial charge in [-0.1, -0.05) is 39.8 Å². The van der Waals surface area contributed by atoms with Crippen molar-refractivity contribution in [3.63, 3.8) is 0 Å². The zero-order chi connectivity index (χ0) is 24.9. The second-order valence-electron chi connectivity index (χ2n) is 14.1. The first-order valence-electron chi connectivity index (χ1n) is 13.8. The Morgan fingerprint density at radius 1 is 0.941 bits per heavy atom. The van der Waals surface area contributed by atoms with Crippen molar-refractivity contribution < 1.29 is 19.8 Å². The second-order valence-corrected chi connectivity index (χ2v) is 14.1. The van der Waals surface area contributed by atoms with Crippen LogP contribution >= 0.6 is 0 Å². The number of Topliss-reactive ketones (excluding diaryl/α,β-unsaturated/α-hetero) is 1. The highest BCUT2D eigenvalue weighted by atomic mass is 16.4. The van der Waals surface area contributed by atoms with Gasteiger partial charge in [0.15, 0.2) is 0 Å². The Labute approximate surface area is 206 Å². The maximum absolute atomic E-state index is 13.0. The molecule has 4 nitrogen and oxygen atoms in total. The van der Waals surface area contributed by atoms with E-state index in [9.17, 15) is 19.8 Å². The van der Waals surface area contributed by atoms with Crippen LogP contribution in [0.15, 0.2) is 12.2 Å². The van der Waals surface area contributed by atoms with Gasteiger partial charge in [-0.15, -0.1) is 0 Å². The molecule has 5 unspecified atom stereocenters. The third-order valence-corrected chi connectivity index (χ3v) is 13.4. The minimum atomic E-state index is -0.617. The van der Waals surface area contributed by atoms with E-state index in [0.29, 0.717) is 24.2 Å². The number of aliphatic hydroxyl groups excluding tert-OH is 1. The summed E-state index contributed by atoms with van der Waals surface area (Å²) in [6.07, 6.45) is 9.35. The summed E-state index contributed by atoms with van der Waals surface area (Å²) in [7, 11) is 0. The number of carboxylic acid groups (broad SMARTS) is 1. The minimum absolute atomic E-state index is 0.0427. The van der Waals surface area contributed by atoms with E-state index in [-0.39, 0.29) is 40.5 Å². The molecule has 0 spiro atoms. The van der Waals surface area contributed by atoms with E-state index in [4.69, 9.17) is 0 Å². The first-order valence-corrected chi connectivity index (χ1v) is 13.8. The highest BCUT2D eigenvalue weighted by Crippen LogP contribution is 2.77. The third-order valence-electron chi connectivity index (χ3n) is 13.4. The van der Waals surface area contributed by atoms with Gasteiger partial charge in [-0.2, -0.15) is 0 Å². The van der Waals surface area contributed by atoms with Crippen molar-refractivity contribution in [1.29, 1.82) is 0 Å². The van der Waals surface area contributed by atoms with Crippen molar-refractivity contribution in [2.45, 2.75) is 98.8 Å². The molecule has 190 valence electrons. The second kappa shape index (κ2) is 7.43. The van der Waals surface area contributed by atoms with E-state index in [2.05, 4.69) is 34.3 Å². The van der Waals surface area contributed by atoms with E-state index in [0.717, 1.165) is 57.8 Å². The van der Waals surface area contributed by atoms with Crippen molar-refractivity contribution in [2.75, 3.05) is 6.61 Å². The molecule has 0 heterocycles. The standard InChI is InChI=1S/C30H46O4/c1-18(2)19-9-14-30(25(33)34)16-15-28(5)20(24(19)30)7-8-22-26(3)12-11-23(32)27(4,17-31)21(26)10-13-29(22,28)6/h19-22,24,31H,1,7-17H2,2-6H3,(H,33,34)/t19?,20-,21?,22?,24?,26+,27+,28?,29-,30+/m1/s1. The monoisotopic (exact) mass is 470 g/mol. The van der Waals surface area contributed by atoms with Crippen LogP contribution in [-0.4, -0.2) is 28.6 Å². The van der Waals surface area contributed by atoms with Gasteiger partial charge in [0.1, 0.15) is 5.78 Å². The van der Waals surface area contributed by atoms with Crippen LogP contribution in [-0.2, 0) is 9.59 Å². The zero-order valence-electron chi connectivity index (χ0n) is 22.1. The van der Waals surface area contributed by atoms with E-state index in [1.165, 1.54) is 5.57 Å². The lowest BCUT2D eigenvalue weighted by molar-refractivity contribution is -0.238. The first-order chi connectivity index (χ1) is 15.8. The predicted octanol–water partition coefficient (Wildman–Crippen LogP) is 6.27. The molecular formula is C30H46O4. The van der Waals surface area contributed by atoms with Crippen LogP contribution in [0.4, 0.5) is 0 Å². The molecule has 0 aromatic rings. The quantitative estimate of drug-likeness (QED) is 0.477. The summed E-state index contributed by atoms with van der Waals surface area (Å²) < 4.78 is 0. The van der Waals surface area contributed by atoms with Crippen molar-refractivity contribution >= 4 is 11.8 Å². The Morgan fingerprint density at radius 3 is 2.26 bits per heavy atom. The van der Waals surface area contributed by atoms with Crippen LogP contribution in [0.2, 0.25) is 0 Å². The van der Waals surface area contributed by atoms with Crippen LogP contribution in [0.3, 0.4) is 0 Å². The van der Waals surface area contributed by atoms with Gasteiger partial charge in [0, 0.05) is 6.42 Å². The first kappa shape index (κ1) is 24.5. The Balaban J connectivity index is 1.57. The van der Waals surface area contributed by atoms with Crippen LogP contribution in [0.25, 0.3) is 0 Å². The highest BCUT2D eigenvalue weighted by Gasteiger charge is 2.72. The van der Waals surface area contributed by atoms with Gasteiger partial charge in [-0.25, -0.2) is 0 Å². The summed E-state index contributed by atoms with van der Waals surface area (Å²) in [5.74, 6) is 1.35. The zero-order valence-corrected chi connectivity index (χ0v) is 22.1. The summed E-state index contributed by atoms with van der Waals surface area (Å²) in [5, 5.41) is 20.8. The summed E-state index contributed by atoms with van der Waals surface area (Å²) in [6.45, 7) is 15.9. The van der Waals surface area contributed by atoms with Crippen molar-refractivity contribution in [2.24, 2.45) is 56.7 Å². The molecule has 0 amide bonds. The lowest BCUT2D eigenvalue weighted by Gasteiger charge is -2.72. The molecule has 0 aromatic carbocycles. The minimum Gasteiger partial charge on any atom is -0.481 e. The number of rotatable bonds is 3. The van der Waals surface area contributed by atoms with Crippen LogP contribution in [0.1, 0.15) is 98.8 Å². The molecule has 5 fully saturated rings. The molecule has 5 aliphatic carbocycles. The number of aliphatic hydroxyl groups is 1. The normalized spacial score (nSPS) is 54.4. The van der Waals surface area contributed by atoms with Gasteiger partial charge in [0.25, 0.3) is 0 Å². The Morgan fingerprint density at radius 2 is 1.65 bits per heavy atom. The molecule has 5 saturated carbocycles. The number of fused-ring (bicyclic) bond motifs is 7. The molecule has 4 heteroatoms. The topological polar surface area (TPSA) is 74.6 Å². The van der Waals surface area contributed by atoms with Crippen LogP contribution < -0.4 is 0 Å². The fourth-order valence-corrected chi connectivity index (χ4v) is 11.3. The van der Waals surface area contributed by atoms with E-state index < -0.39 is 16.8 Å². The van der Waals surface area contributed by atoms with Gasteiger partial charge in [0.05, 0.1) is 17.4 Å². The summed E-state index contributed by atoms with van der Waals surface area (Å²) in [4.78, 5) is 25.7. The largest absolute Gasteiger partial charge is 0.481 e. The smallest absolute Gasteiger partial charge is 0.309 e. The fraction of sp³-hybridized carbons (Fsp3) is 0.867. The molecule has 0 aliphatic heterocycles. The number of carbonyl (C=O) groups excluding carboxylic acids is 1. The number of carbonyl (C=O) groups is 2. The number of aliphatic carboxylic acids is 1. The summed E-state index contributed by atoms with van der Waals surface area (Å²) >= 11 is 0. The number of allylic oxidation sites excluding steroid dienone is 1. The molecule has 34 heavy (non-hydrogen) atoms. The highest BCUT2D eigenvalue weighted by molar-refractivity contribution is 5.86. The molecule has 5 rings (SSSR count). The maximum atomic E-state index is 13.0. The average molecular weight is 471 g/mol. The van der Waals surface area contributed by atoms with Crippen molar-refractivity contribution in [1.82, 2.24) is 0 Å². The molecule has 0 bridgehead atoms. The number of hydrogen-bond donors (Lipinski definition) is 2. The lowest BCUT2D eigenvalue weighted by Crippen LogP contribution is -2.67. The van der Waals surface area contributed by atoms with E-state index in [1.807, 2.05) is 6.92 Å². The molecule has 10 atom stereocenters. The Kier molecular flexibility index (Phi) is 5.36. The molecule has 0 aromatic heterocycles. The molecule has 2 N–H and O–H groups in total. The molecule has 5 aliphatic rings. The molecular weight excluding hydrogens is 424 g/mol. The van der Waals surface area contributed by atoms with Crippen molar-refractivity contribution in [3.05, 3.63) is 12.2 Å². The third kappa shape index (κ3) is 2.70.